The molecule has 0 unspecified atom stereocenters. The monoisotopic (exact) mass is 388 g/mol. The zero-order valence-electron chi connectivity index (χ0n) is 13.6. The number of fused-ring (bicyclic) bond motifs is 1. The Morgan fingerprint density at radius 2 is 1.96 bits per heavy atom. The molecule has 0 atom stereocenters. The van der Waals surface area contributed by atoms with Gasteiger partial charge < -0.3 is 4.74 Å². The molecular weight excluding hydrogens is 368 g/mol. The Balaban J connectivity index is 1.81. The van der Waals surface area contributed by atoms with Crippen LogP contribution in [0, 0.1) is 6.92 Å². The number of hydrogen-bond donors (Lipinski definition) is 0. The fraction of sp³-hybridized carbons (Fsp3) is 0.300. The lowest BCUT2D eigenvalue weighted by Crippen LogP contribution is -1.99. The summed E-state index contributed by atoms with van der Waals surface area (Å²) in [6, 6.07) is 15.2. The van der Waals surface area contributed by atoms with Crippen molar-refractivity contribution in [3.63, 3.8) is 0 Å². The number of aryl methyl sites for hydroxylation is 1. The maximum atomic E-state index is 5.87. The van der Waals surface area contributed by atoms with E-state index in [9.17, 15) is 0 Å². The highest BCUT2D eigenvalue weighted by molar-refractivity contribution is 9.10. The molecule has 3 heteroatoms. The van der Waals surface area contributed by atoms with Gasteiger partial charge in [-0.1, -0.05) is 31.5 Å². The van der Waals surface area contributed by atoms with E-state index >= 15 is 0 Å². The predicted octanol–water partition coefficient (Wildman–Crippen LogP) is 6.74. The smallest absolute Gasteiger partial charge is 0.133 e. The van der Waals surface area contributed by atoms with Gasteiger partial charge in [0, 0.05) is 16.0 Å². The van der Waals surface area contributed by atoms with Gasteiger partial charge in [0.1, 0.15) is 5.75 Å². The first-order valence-electron chi connectivity index (χ1n) is 8.06. The SMILES string of the molecule is CCCCOc1cc(C)c(Cc2cc3ccccc3s2)cc1Br. The van der Waals surface area contributed by atoms with E-state index in [1.165, 1.54) is 26.1 Å². The molecule has 120 valence electrons. The van der Waals surface area contributed by atoms with Gasteiger partial charge in [0.2, 0.25) is 0 Å². The minimum absolute atomic E-state index is 0.782. The Morgan fingerprint density at radius 3 is 2.74 bits per heavy atom. The second-order valence-corrected chi connectivity index (χ2v) is 7.86. The Kier molecular flexibility index (Phi) is 5.39. The molecule has 0 amide bonds. The Hall–Kier alpha value is -1.32. The van der Waals surface area contributed by atoms with Crippen LogP contribution in [0.5, 0.6) is 5.75 Å². The fourth-order valence-electron chi connectivity index (χ4n) is 2.64. The van der Waals surface area contributed by atoms with E-state index in [0.29, 0.717) is 0 Å². The van der Waals surface area contributed by atoms with Crippen LogP contribution in [-0.4, -0.2) is 6.61 Å². The summed E-state index contributed by atoms with van der Waals surface area (Å²) >= 11 is 5.54. The molecule has 0 fully saturated rings. The third-order valence-electron chi connectivity index (χ3n) is 3.99. The van der Waals surface area contributed by atoms with E-state index in [1.54, 1.807) is 0 Å². The normalized spacial score (nSPS) is 11.1. The standard InChI is InChI=1S/C20H21BrOS/c1-3-4-9-22-19-10-14(2)16(13-18(19)21)12-17-11-15-7-5-6-8-20(15)23-17/h5-8,10-11,13H,3-4,9,12H2,1-2H3. The van der Waals surface area contributed by atoms with Crippen LogP contribution >= 0.6 is 27.3 Å². The van der Waals surface area contributed by atoms with Gasteiger partial charge in [0.15, 0.2) is 0 Å². The zero-order chi connectivity index (χ0) is 16.2. The van der Waals surface area contributed by atoms with E-state index in [0.717, 1.165) is 36.1 Å². The number of rotatable bonds is 6. The van der Waals surface area contributed by atoms with Crippen molar-refractivity contribution in [1.29, 1.82) is 0 Å². The molecule has 0 saturated heterocycles. The second kappa shape index (κ2) is 7.50. The van der Waals surface area contributed by atoms with E-state index < -0.39 is 0 Å². The lowest BCUT2D eigenvalue weighted by Gasteiger charge is -2.12. The van der Waals surface area contributed by atoms with Gasteiger partial charge in [-0.15, -0.1) is 11.3 Å². The third-order valence-corrected chi connectivity index (χ3v) is 5.72. The van der Waals surface area contributed by atoms with Gasteiger partial charge in [-0.25, -0.2) is 0 Å². The van der Waals surface area contributed by atoms with E-state index in [-0.39, 0.29) is 0 Å². The molecular formula is C20H21BrOS. The van der Waals surface area contributed by atoms with Gasteiger partial charge in [0.05, 0.1) is 11.1 Å². The molecule has 2 aromatic carbocycles. The quantitative estimate of drug-likeness (QED) is 0.424. The largest absolute Gasteiger partial charge is 0.492 e. The van der Waals surface area contributed by atoms with Crippen LogP contribution in [0.3, 0.4) is 0 Å². The van der Waals surface area contributed by atoms with Crippen LogP contribution in [0.15, 0.2) is 46.9 Å². The summed E-state index contributed by atoms with van der Waals surface area (Å²) < 4.78 is 8.28. The number of thiophene rings is 1. The molecule has 0 aliphatic rings. The van der Waals surface area contributed by atoms with Gasteiger partial charge in [-0.2, -0.15) is 0 Å². The summed E-state index contributed by atoms with van der Waals surface area (Å²) in [7, 11) is 0. The molecule has 3 aromatic rings. The van der Waals surface area contributed by atoms with E-state index in [2.05, 4.69) is 72.2 Å². The lowest BCUT2D eigenvalue weighted by atomic mass is 10.0. The molecule has 1 heterocycles. The molecule has 0 saturated carbocycles. The number of hydrogen-bond acceptors (Lipinski definition) is 2. The summed E-state index contributed by atoms with van der Waals surface area (Å²) in [5, 5.41) is 1.34. The van der Waals surface area contributed by atoms with Crippen LogP contribution < -0.4 is 4.74 Å². The molecule has 0 bridgehead atoms. The maximum absolute atomic E-state index is 5.87. The highest BCUT2D eigenvalue weighted by Gasteiger charge is 2.09. The molecule has 0 radical (unpaired) electrons. The minimum Gasteiger partial charge on any atom is -0.492 e. The maximum Gasteiger partial charge on any atom is 0.133 e. The second-order valence-electron chi connectivity index (χ2n) is 5.84. The van der Waals surface area contributed by atoms with Crippen LogP contribution in [-0.2, 0) is 6.42 Å². The van der Waals surface area contributed by atoms with Crippen molar-refractivity contribution in [2.24, 2.45) is 0 Å². The number of ether oxygens (including phenoxy) is 1. The van der Waals surface area contributed by atoms with Crippen molar-refractivity contribution < 1.29 is 4.74 Å². The van der Waals surface area contributed by atoms with E-state index in [4.69, 9.17) is 4.74 Å². The molecule has 0 aliphatic heterocycles. The predicted molar refractivity (Wildman–Crippen MR) is 104 cm³/mol. The first kappa shape index (κ1) is 16.5. The topological polar surface area (TPSA) is 9.23 Å². The summed E-state index contributed by atoms with van der Waals surface area (Å²) in [5.74, 6) is 0.955. The van der Waals surface area contributed by atoms with Crippen LogP contribution in [0.2, 0.25) is 0 Å². The molecule has 0 spiro atoms. The molecule has 0 N–H and O–H groups in total. The van der Waals surface area contributed by atoms with Crippen molar-refractivity contribution in [2.45, 2.75) is 33.1 Å². The highest BCUT2D eigenvalue weighted by Crippen LogP contribution is 2.32. The van der Waals surface area contributed by atoms with Gasteiger partial charge >= 0.3 is 0 Å². The van der Waals surface area contributed by atoms with Crippen LogP contribution in [0.4, 0.5) is 0 Å². The summed E-state index contributed by atoms with van der Waals surface area (Å²) in [6.45, 7) is 5.13. The third kappa shape index (κ3) is 3.96. The van der Waals surface area contributed by atoms with Crippen molar-refractivity contribution in [1.82, 2.24) is 0 Å². The number of benzene rings is 2. The zero-order valence-corrected chi connectivity index (χ0v) is 16.0. The van der Waals surface area contributed by atoms with Gasteiger partial charge in [0.25, 0.3) is 0 Å². The van der Waals surface area contributed by atoms with E-state index in [1.807, 2.05) is 11.3 Å². The van der Waals surface area contributed by atoms with Crippen LogP contribution in [0.1, 0.15) is 35.8 Å². The van der Waals surface area contributed by atoms with Crippen molar-refractivity contribution in [2.75, 3.05) is 6.61 Å². The molecule has 3 rings (SSSR count). The molecule has 0 aliphatic carbocycles. The minimum atomic E-state index is 0.782. The number of unbranched alkanes of at least 4 members (excludes halogenated alkanes) is 1. The van der Waals surface area contributed by atoms with Crippen molar-refractivity contribution in [3.05, 3.63) is 62.9 Å². The molecule has 23 heavy (non-hydrogen) atoms. The highest BCUT2D eigenvalue weighted by atomic mass is 79.9. The average molecular weight is 389 g/mol. The van der Waals surface area contributed by atoms with Crippen molar-refractivity contribution in [3.8, 4) is 5.75 Å². The molecule has 1 aromatic heterocycles. The first-order valence-corrected chi connectivity index (χ1v) is 9.67. The first-order chi connectivity index (χ1) is 11.2. The summed E-state index contributed by atoms with van der Waals surface area (Å²) in [4.78, 5) is 1.40. The molecule has 1 nitrogen and oxygen atoms in total. The fourth-order valence-corrected chi connectivity index (χ4v) is 4.23. The average Bonchev–Trinajstić information content (AvgIpc) is 2.94. The summed E-state index contributed by atoms with van der Waals surface area (Å²) in [6.07, 6.45) is 3.22. The lowest BCUT2D eigenvalue weighted by molar-refractivity contribution is 0.307. The Bertz CT molecular complexity index is 774. The Labute approximate surface area is 150 Å². The van der Waals surface area contributed by atoms with Crippen LogP contribution in [0.25, 0.3) is 10.1 Å². The van der Waals surface area contributed by atoms with Gasteiger partial charge in [-0.3, -0.25) is 0 Å². The Morgan fingerprint density at radius 1 is 1.13 bits per heavy atom. The van der Waals surface area contributed by atoms with Gasteiger partial charge in [-0.05, 0) is 70.1 Å². The number of halogens is 1. The van der Waals surface area contributed by atoms with Crippen molar-refractivity contribution >= 4 is 37.4 Å². The summed E-state index contributed by atoms with van der Waals surface area (Å²) in [5.41, 5.74) is 2.64.